The first-order valence-corrected chi connectivity index (χ1v) is 7.79. The first-order valence-electron chi connectivity index (χ1n) is 6.57. The molecule has 2 N–H and O–H groups in total. The van der Waals surface area contributed by atoms with Crippen molar-refractivity contribution in [2.45, 2.75) is 49.3 Å². The van der Waals surface area contributed by atoms with Crippen LogP contribution in [0.3, 0.4) is 0 Å². The fourth-order valence-corrected chi connectivity index (χ4v) is 3.86. The summed E-state index contributed by atoms with van der Waals surface area (Å²) in [6.07, 6.45) is 8.74. The van der Waals surface area contributed by atoms with Crippen molar-refractivity contribution in [1.82, 2.24) is 0 Å². The fraction of sp³-hybridized carbons (Fsp3) is 0.600. The maximum absolute atomic E-state index is 6.12. The summed E-state index contributed by atoms with van der Waals surface area (Å²) in [4.78, 5) is 1.43. The molecule has 2 rings (SSSR count). The highest BCUT2D eigenvalue weighted by atomic mass is 32.2. The van der Waals surface area contributed by atoms with Crippen LogP contribution in [0.5, 0.6) is 0 Å². The Kier molecular flexibility index (Phi) is 4.16. The van der Waals surface area contributed by atoms with Crippen LogP contribution < -0.4 is 5.73 Å². The highest BCUT2D eigenvalue weighted by Crippen LogP contribution is 2.42. The lowest BCUT2D eigenvalue weighted by Gasteiger charge is -2.38. The molecule has 0 heterocycles. The van der Waals surface area contributed by atoms with Gasteiger partial charge in [0, 0.05) is 16.9 Å². The van der Waals surface area contributed by atoms with E-state index in [-0.39, 0.29) is 5.41 Å². The molecular formula is C15H23NS. The van der Waals surface area contributed by atoms with Gasteiger partial charge in [0.15, 0.2) is 0 Å². The van der Waals surface area contributed by atoms with Crippen LogP contribution in [0.15, 0.2) is 23.1 Å². The lowest BCUT2D eigenvalue weighted by molar-refractivity contribution is 0.296. The SMILES string of the molecule is CSc1cc(C)ccc1C1(CN)CCCCC1. The van der Waals surface area contributed by atoms with Gasteiger partial charge in [0.1, 0.15) is 0 Å². The molecule has 1 aliphatic carbocycles. The molecule has 17 heavy (non-hydrogen) atoms. The Morgan fingerprint density at radius 2 is 1.94 bits per heavy atom. The van der Waals surface area contributed by atoms with Gasteiger partial charge in [-0.25, -0.2) is 0 Å². The van der Waals surface area contributed by atoms with E-state index in [0.717, 1.165) is 6.54 Å². The minimum Gasteiger partial charge on any atom is -0.330 e. The maximum atomic E-state index is 6.12. The monoisotopic (exact) mass is 249 g/mol. The molecule has 1 aromatic carbocycles. The molecule has 0 spiro atoms. The summed E-state index contributed by atoms with van der Waals surface area (Å²) in [6.45, 7) is 2.96. The van der Waals surface area contributed by atoms with Crippen LogP contribution in [0.4, 0.5) is 0 Å². The van der Waals surface area contributed by atoms with Gasteiger partial charge in [-0.05, 0) is 37.7 Å². The van der Waals surface area contributed by atoms with Crippen molar-refractivity contribution >= 4 is 11.8 Å². The van der Waals surface area contributed by atoms with Crippen LogP contribution in [-0.2, 0) is 5.41 Å². The zero-order valence-corrected chi connectivity index (χ0v) is 11.8. The molecule has 1 aliphatic rings. The average molecular weight is 249 g/mol. The van der Waals surface area contributed by atoms with Gasteiger partial charge in [-0.3, -0.25) is 0 Å². The smallest absolute Gasteiger partial charge is 0.0110 e. The molecule has 0 amide bonds. The van der Waals surface area contributed by atoms with Crippen LogP contribution in [0.25, 0.3) is 0 Å². The summed E-state index contributed by atoms with van der Waals surface area (Å²) in [5.74, 6) is 0. The van der Waals surface area contributed by atoms with Crippen molar-refractivity contribution in [3.63, 3.8) is 0 Å². The van der Waals surface area contributed by atoms with E-state index in [1.54, 1.807) is 0 Å². The predicted octanol–water partition coefficient (Wildman–Crippen LogP) is 3.88. The largest absolute Gasteiger partial charge is 0.330 e. The van der Waals surface area contributed by atoms with E-state index in [9.17, 15) is 0 Å². The molecule has 0 radical (unpaired) electrons. The Morgan fingerprint density at radius 3 is 2.53 bits per heavy atom. The van der Waals surface area contributed by atoms with E-state index in [1.165, 1.54) is 48.1 Å². The van der Waals surface area contributed by atoms with Gasteiger partial charge < -0.3 is 5.73 Å². The first kappa shape index (κ1) is 13.0. The van der Waals surface area contributed by atoms with Gasteiger partial charge in [-0.2, -0.15) is 0 Å². The van der Waals surface area contributed by atoms with Crippen LogP contribution in [0.1, 0.15) is 43.2 Å². The third-order valence-electron chi connectivity index (χ3n) is 4.13. The molecule has 0 atom stereocenters. The van der Waals surface area contributed by atoms with Crippen LogP contribution in [0.2, 0.25) is 0 Å². The summed E-state index contributed by atoms with van der Waals surface area (Å²) in [5, 5.41) is 0. The zero-order valence-electron chi connectivity index (χ0n) is 11.0. The molecule has 94 valence electrons. The molecular weight excluding hydrogens is 226 g/mol. The number of hydrogen-bond donors (Lipinski definition) is 1. The van der Waals surface area contributed by atoms with E-state index in [2.05, 4.69) is 31.4 Å². The van der Waals surface area contributed by atoms with E-state index >= 15 is 0 Å². The molecule has 0 bridgehead atoms. The quantitative estimate of drug-likeness (QED) is 0.823. The van der Waals surface area contributed by atoms with E-state index in [0.29, 0.717) is 0 Å². The second-order valence-corrected chi connectivity index (χ2v) is 6.10. The van der Waals surface area contributed by atoms with E-state index < -0.39 is 0 Å². The van der Waals surface area contributed by atoms with Crippen LogP contribution >= 0.6 is 11.8 Å². The molecule has 1 saturated carbocycles. The van der Waals surface area contributed by atoms with Crippen molar-refractivity contribution in [1.29, 1.82) is 0 Å². The Labute approximate surface area is 109 Å². The van der Waals surface area contributed by atoms with Crippen molar-refractivity contribution in [3.8, 4) is 0 Å². The number of hydrogen-bond acceptors (Lipinski definition) is 2. The van der Waals surface area contributed by atoms with Crippen molar-refractivity contribution in [3.05, 3.63) is 29.3 Å². The summed E-state index contributed by atoms with van der Waals surface area (Å²) in [7, 11) is 0. The fourth-order valence-electron chi connectivity index (χ4n) is 3.05. The van der Waals surface area contributed by atoms with Gasteiger partial charge in [0.2, 0.25) is 0 Å². The standard InChI is InChI=1S/C15H23NS/c1-12-6-7-13(14(10-12)17-2)15(11-16)8-4-3-5-9-15/h6-7,10H,3-5,8-9,11,16H2,1-2H3. The lowest BCUT2D eigenvalue weighted by Crippen LogP contribution is -2.37. The summed E-state index contributed by atoms with van der Waals surface area (Å²) < 4.78 is 0. The topological polar surface area (TPSA) is 26.0 Å². The number of benzene rings is 1. The summed E-state index contributed by atoms with van der Waals surface area (Å²) in [6, 6.07) is 6.87. The Hall–Kier alpha value is -0.470. The Bertz CT molecular complexity index is 381. The highest BCUT2D eigenvalue weighted by Gasteiger charge is 2.34. The average Bonchev–Trinajstić information content (AvgIpc) is 2.39. The second kappa shape index (κ2) is 5.45. The van der Waals surface area contributed by atoms with Gasteiger partial charge >= 0.3 is 0 Å². The summed E-state index contributed by atoms with van der Waals surface area (Å²) in [5.41, 5.74) is 9.22. The molecule has 0 unspecified atom stereocenters. The molecule has 1 nitrogen and oxygen atoms in total. The molecule has 0 saturated heterocycles. The minimum absolute atomic E-state index is 0.254. The van der Waals surface area contributed by atoms with Gasteiger partial charge in [0.05, 0.1) is 0 Å². The Balaban J connectivity index is 2.42. The highest BCUT2D eigenvalue weighted by molar-refractivity contribution is 7.98. The van der Waals surface area contributed by atoms with Crippen LogP contribution in [0, 0.1) is 6.92 Å². The normalized spacial score (nSPS) is 19.2. The number of aryl methyl sites for hydroxylation is 1. The van der Waals surface area contributed by atoms with Gasteiger partial charge in [0.25, 0.3) is 0 Å². The van der Waals surface area contributed by atoms with Gasteiger partial charge in [-0.1, -0.05) is 37.0 Å². The molecule has 0 aliphatic heterocycles. The molecule has 0 aromatic heterocycles. The van der Waals surface area contributed by atoms with Gasteiger partial charge in [-0.15, -0.1) is 11.8 Å². The van der Waals surface area contributed by atoms with E-state index in [1.807, 2.05) is 11.8 Å². The van der Waals surface area contributed by atoms with E-state index in [4.69, 9.17) is 5.73 Å². The van der Waals surface area contributed by atoms with Crippen molar-refractivity contribution in [2.24, 2.45) is 5.73 Å². The number of thioether (sulfide) groups is 1. The first-order chi connectivity index (χ1) is 8.22. The minimum atomic E-state index is 0.254. The Morgan fingerprint density at radius 1 is 1.24 bits per heavy atom. The number of rotatable bonds is 3. The molecule has 1 fully saturated rings. The predicted molar refractivity (Wildman–Crippen MR) is 76.8 cm³/mol. The summed E-state index contributed by atoms with van der Waals surface area (Å²) >= 11 is 1.86. The maximum Gasteiger partial charge on any atom is 0.0110 e. The molecule has 1 aromatic rings. The van der Waals surface area contributed by atoms with Crippen molar-refractivity contribution in [2.75, 3.05) is 12.8 Å². The third kappa shape index (κ3) is 2.53. The van der Waals surface area contributed by atoms with Crippen LogP contribution in [-0.4, -0.2) is 12.8 Å². The number of nitrogens with two attached hydrogens (primary N) is 1. The zero-order chi connectivity index (χ0) is 12.3. The lowest BCUT2D eigenvalue weighted by atomic mass is 9.69. The van der Waals surface area contributed by atoms with Crippen molar-refractivity contribution < 1.29 is 0 Å². The second-order valence-electron chi connectivity index (χ2n) is 5.25. The molecule has 2 heteroatoms. The third-order valence-corrected chi connectivity index (χ3v) is 4.91.